The zero-order valence-electron chi connectivity index (χ0n) is 12.4. The molecule has 21 heavy (non-hydrogen) atoms. The number of rotatable bonds is 7. The first-order valence-corrected chi connectivity index (χ1v) is 7.46. The largest absolute Gasteiger partial charge is 0.287 e. The summed E-state index contributed by atoms with van der Waals surface area (Å²) in [5.41, 5.74) is 1.84. The summed E-state index contributed by atoms with van der Waals surface area (Å²) >= 11 is 0. The smallest absolute Gasteiger partial charge is 0.227 e. The van der Waals surface area contributed by atoms with Gasteiger partial charge in [0.2, 0.25) is 12.3 Å². The summed E-state index contributed by atoms with van der Waals surface area (Å²) < 4.78 is 14.7. The van der Waals surface area contributed by atoms with Crippen LogP contribution in [0.5, 0.6) is 0 Å². The van der Waals surface area contributed by atoms with Crippen LogP contribution in [0.15, 0.2) is 48.8 Å². The van der Waals surface area contributed by atoms with Gasteiger partial charge in [0.05, 0.1) is 0 Å². The lowest BCUT2D eigenvalue weighted by Gasteiger charge is -2.01. The van der Waals surface area contributed by atoms with Crippen LogP contribution >= 0.6 is 0 Å². The molecule has 0 aliphatic rings. The van der Waals surface area contributed by atoms with Gasteiger partial charge in [-0.3, -0.25) is 4.79 Å². The van der Waals surface area contributed by atoms with Crippen LogP contribution in [0.1, 0.15) is 42.1 Å². The van der Waals surface area contributed by atoms with E-state index in [1.807, 2.05) is 17.0 Å². The van der Waals surface area contributed by atoms with Crippen molar-refractivity contribution >= 4 is 5.78 Å². The van der Waals surface area contributed by atoms with Gasteiger partial charge in [-0.25, -0.2) is 4.39 Å². The summed E-state index contributed by atoms with van der Waals surface area (Å²) in [5.74, 6) is -0.339. The number of nitrogens with zero attached hydrogens (tertiary/aromatic N) is 1. The number of aryl methyl sites for hydroxylation is 1. The number of Topliss-reactive ketones (excluding diaryl/α,β-unsaturated/α-hetero) is 1. The van der Waals surface area contributed by atoms with Crippen LogP contribution in [0.2, 0.25) is 0 Å². The zero-order valence-corrected chi connectivity index (χ0v) is 12.4. The molecule has 0 amide bonds. The predicted octanol–water partition coefficient (Wildman–Crippen LogP) is 3.73. The SMILES string of the molecule is CCCCCc1cc[n+](CC(=O)c2ccc(F)cc2)cc1. The first kappa shape index (κ1) is 15.4. The summed E-state index contributed by atoms with van der Waals surface area (Å²) in [6, 6.07) is 9.80. The van der Waals surface area contributed by atoms with Crippen molar-refractivity contribution in [3.8, 4) is 0 Å². The second kappa shape index (κ2) is 7.67. The van der Waals surface area contributed by atoms with Crippen LogP contribution in [0, 0.1) is 5.82 Å². The molecule has 0 radical (unpaired) electrons. The Morgan fingerprint density at radius 3 is 2.33 bits per heavy atom. The molecule has 0 saturated carbocycles. The second-order valence-electron chi connectivity index (χ2n) is 5.27. The van der Waals surface area contributed by atoms with Crippen molar-refractivity contribution in [1.82, 2.24) is 0 Å². The molecular formula is C18H21FNO+. The molecule has 0 spiro atoms. The molecular weight excluding hydrogens is 265 g/mol. The van der Waals surface area contributed by atoms with Crippen LogP contribution in [0.25, 0.3) is 0 Å². The molecule has 2 nitrogen and oxygen atoms in total. The molecule has 0 unspecified atom stereocenters. The third-order valence-electron chi connectivity index (χ3n) is 3.52. The monoisotopic (exact) mass is 286 g/mol. The molecule has 2 aromatic rings. The van der Waals surface area contributed by atoms with E-state index in [0.29, 0.717) is 5.56 Å². The average molecular weight is 286 g/mol. The molecule has 110 valence electrons. The maximum absolute atomic E-state index is 12.8. The van der Waals surface area contributed by atoms with Gasteiger partial charge < -0.3 is 0 Å². The van der Waals surface area contributed by atoms with E-state index in [2.05, 4.69) is 19.1 Å². The summed E-state index contributed by atoms with van der Waals surface area (Å²) in [7, 11) is 0. The number of unbranched alkanes of at least 4 members (excludes halogenated alkanes) is 2. The minimum absolute atomic E-state index is 0.0151. The molecule has 0 saturated heterocycles. The molecule has 1 aromatic carbocycles. The fraction of sp³-hybridized carbons (Fsp3) is 0.333. The molecule has 1 heterocycles. The Labute approximate surface area is 125 Å². The van der Waals surface area contributed by atoms with Gasteiger partial charge in [-0.15, -0.1) is 0 Å². The van der Waals surface area contributed by atoms with E-state index < -0.39 is 0 Å². The maximum atomic E-state index is 12.8. The average Bonchev–Trinajstić information content (AvgIpc) is 2.50. The van der Waals surface area contributed by atoms with Gasteiger partial charge in [-0.1, -0.05) is 19.8 Å². The Hall–Kier alpha value is -2.03. The number of carbonyl (C=O) groups excluding carboxylic acids is 1. The van der Waals surface area contributed by atoms with Crippen LogP contribution < -0.4 is 4.57 Å². The highest BCUT2D eigenvalue weighted by atomic mass is 19.1. The third kappa shape index (κ3) is 4.78. The number of pyridine rings is 1. The van der Waals surface area contributed by atoms with E-state index in [-0.39, 0.29) is 18.1 Å². The molecule has 0 bridgehead atoms. The molecule has 2 rings (SSSR count). The van der Waals surface area contributed by atoms with Gasteiger partial charge in [0.15, 0.2) is 12.4 Å². The lowest BCUT2D eigenvalue weighted by molar-refractivity contribution is -0.683. The van der Waals surface area contributed by atoms with E-state index in [4.69, 9.17) is 0 Å². The van der Waals surface area contributed by atoms with E-state index >= 15 is 0 Å². The highest BCUT2D eigenvalue weighted by Gasteiger charge is 2.12. The lowest BCUT2D eigenvalue weighted by atomic mass is 10.1. The number of ketones is 1. The first-order chi connectivity index (χ1) is 10.2. The third-order valence-corrected chi connectivity index (χ3v) is 3.52. The van der Waals surface area contributed by atoms with Crippen LogP contribution in [-0.4, -0.2) is 5.78 Å². The van der Waals surface area contributed by atoms with E-state index in [1.165, 1.54) is 49.1 Å². The van der Waals surface area contributed by atoms with Crippen molar-refractivity contribution < 1.29 is 13.8 Å². The minimum Gasteiger partial charge on any atom is -0.287 e. The van der Waals surface area contributed by atoms with Crippen molar-refractivity contribution in [3.05, 3.63) is 65.7 Å². The Balaban J connectivity index is 1.93. The highest BCUT2D eigenvalue weighted by molar-refractivity contribution is 5.94. The summed E-state index contributed by atoms with van der Waals surface area (Å²) in [4.78, 5) is 12.1. The second-order valence-corrected chi connectivity index (χ2v) is 5.27. The number of hydrogen-bond donors (Lipinski definition) is 0. The van der Waals surface area contributed by atoms with E-state index in [9.17, 15) is 9.18 Å². The van der Waals surface area contributed by atoms with Crippen molar-refractivity contribution in [2.75, 3.05) is 0 Å². The maximum Gasteiger partial charge on any atom is 0.227 e. The summed E-state index contributed by atoms with van der Waals surface area (Å²) in [6.45, 7) is 2.47. The number of halogens is 1. The molecule has 1 aromatic heterocycles. The van der Waals surface area contributed by atoms with Crippen molar-refractivity contribution in [3.63, 3.8) is 0 Å². The minimum atomic E-state index is -0.323. The van der Waals surface area contributed by atoms with Crippen molar-refractivity contribution in [1.29, 1.82) is 0 Å². The number of carbonyl (C=O) groups is 1. The quantitative estimate of drug-likeness (QED) is 0.431. The zero-order chi connectivity index (χ0) is 15.1. The van der Waals surface area contributed by atoms with Crippen LogP contribution in [0.3, 0.4) is 0 Å². The number of aromatic nitrogens is 1. The molecule has 0 aliphatic carbocycles. The van der Waals surface area contributed by atoms with Gasteiger partial charge in [-0.05, 0) is 42.7 Å². The van der Waals surface area contributed by atoms with Crippen molar-refractivity contribution in [2.45, 2.75) is 39.2 Å². The Morgan fingerprint density at radius 2 is 1.71 bits per heavy atom. The predicted molar refractivity (Wildman–Crippen MR) is 80.6 cm³/mol. The molecule has 0 aliphatic heterocycles. The normalized spacial score (nSPS) is 10.6. The molecule has 0 fully saturated rings. The summed E-state index contributed by atoms with van der Waals surface area (Å²) in [6.07, 6.45) is 8.62. The Bertz CT molecular complexity index is 575. The van der Waals surface area contributed by atoms with Gasteiger partial charge in [0.1, 0.15) is 5.82 Å². The highest BCUT2D eigenvalue weighted by Crippen LogP contribution is 2.06. The summed E-state index contributed by atoms with van der Waals surface area (Å²) in [5, 5.41) is 0. The van der Waals surface area contributed by atoms with E-state index in [1.54, 1.807) is 0 Å². The van der Waals surface area contributed by atoms with Gasteiger partial charge >= 0.3 is 0 Å². The molecule has 0 atom stereocenters. The lowest BCUT2D eigenvalue weighted by Crippen LogP contribution is -2.37. The van der Waals surface area contributed by atoms with Crippen molar-refractivity contribution in [2.24, 2.45) is 0 Å². The fourth-order valence-corrected chi connectivity index (χ4v) is 2.23. The first-order valence-electron chi connectivity index (χ1n) is 7.46. The van der Waals surface area contributed by atoms with Gasteiger partial charge in [-0.2, -0.15) is 4.57 Å². The molecule has 3 heteroatoms. The Kier molecular flexibility index (Phi) is 5.61. The van der Waals surface area contributed by atoms with Gasteiger partial charge in [0, 0.05) is 17.7 Å². The van der Waals surface area contributed by atoms with Crippen LogP contribution in [0.4, 0.5) is 4.39 Å². The topological polar surface area (TPSA) is 20.9 Å². The fourth-order valence-electron chi connectivity index (χ4n) is 2.23. The standard InChI is InChI=1S/C18H21FNO/c1-2-3-4-5-15-10-12-20(13-11-15)14-18(21)16-6-8-17(19)9-7-16/h6-13H,2-5,14H2,1H3/q+1. The number of benzene rings is 1. The molecule has 0 N–H and O–H groups in total. The Morgan fingerprint density at radius 1 is 1.05 bits per heavy atom. The number of hydrogen-bond acceptors (Lipinski definition) is 1. The van der Waals surface area contributed by atoms with Crippen LogP contribution in [-0.2, 0) is 13.0 Å². The van der Waals surface area contributed by atoms with E-state index in [0.717, 1.165) is 6.42 Å². The van der Waals surface area contributed by atoms with Gasteiger partial charge in [0.25, 0.3) is 0 Å².